The molecule has 0 aliphatic rings. The number of rotatable bonds is 5. The average molecular weight is 322 g/mol. The number of nitrogens with one attached hydrogen (secondary N) is 1. The number of hydrogen-bond acceptors (Lipinski definition) is 5. The molecule has 7 nitrogen and oxygen atoms in total. The third-order valence-corrected chi connectivity index (χ3v) is 3.38. The Bertz CT molecular complexity index is 818. The Morgan fingerprint density at radius 3 is 2.59 bits per heavy atom. The fraction of sp³-hybridized carbons (Fsp3) is 0.143. The highest BCUT2D eigenvalue weighted by Gasteiger charge is 2.14. The van der Waals surface area contributed by atoms with Gasteiger partial charge < -0.3 is 9.84 Å². The first-order valence-corrected chi connectivity index (χ1v) is 8.05. The Morgan fingerprint density at radius 2 is 2.00 bits per heavy atom. The number of hydrogen-bond donors (Lipinski definition) is 2. The normalized spacial score (nSPS) is 11.0. The number of methoxy groups -OCH3 is 1. The minimum atomic E-state index is -3.39. The fourth-order valence-corrected chi connectivity index (χ4v) is 2.46. The molecule has 0 unspecified atom stereocenters. The number of aromatic carboxylic acids is 1. The highest BCUT2D eigenvalue weighted by molar-refractivity contribution is 7.92. The molecular formula is C14H14N2O5S. The van der Waals surface area contributed by atoms with Crippen LogP contribution >= 0.6 is 0 Å². The Morgan fingerprint density at radius 1 is 1.27 bits per heavy atom. The summed E-state index contributed by atoms with van der Waals surface area (Å²) >= 11 is 0. The second-order valence-corrected chi connectivity index (χ2v) is 6.29. The maximum absolute atomic E-state index is 11.3. The SMILES string of the molecule is COc1ncc(-c2cccc(NS(C)(=O)=O)c2)cc1C(=O)O. The molecule has 2 aromatic rings. The van der Waals surface area contributed by atoms with E-state index in [9.17, 15) is 13.2 Å². The fourth-order valence-electron chi connectivity index (χ4n) is 1.90. The summed E-state index contributed by atoms with van der Waals surface area (Å²) in [5.41, 5.74) is 1.48. The molecule has 22 heavy (non-hydrogen) atoms. The molecule has 0 saturated carbocycles. The van der Waals surface area contributed by atoms with Gasteiger partial charge in [0.25, 0.3) is 0 Å². The third kappa shape index (κ3) is 3.73. The van der Waals surface area contributed by atoms with Crippen LogP contribution in [0.25, 0.3) is 11.1 Å². The van der Waals surface area contributed by atoms with Gasteiger partial charge in [0.15, 0.2) is 0 Å². The number of anilines is 1. The maximum atomic E-state index is 11.3. The summed E-state index contributed by atoms with van der Waals surface area (Å²) in [5.74, 6) is -1.14. The first-order valence-electron chi connectivity index (χ1n) is 6.16. The molecule has 2 N–H and O–H groups in total. The summed E-state index contributed by atoms with van der Waals surface area (Å²) in [7, 11) is -2.05. The molecule has 0 aliphatic heterocycles. The number of pyridine rings is 1. The van der Waals surface area contributed by atoms with E-state index >= 15 is 0 Å². The van der Waals surface area contributed by atoms with E-state index in [0.29, 0.717) is 16.8 Å². The predicted molar refractivity (Wildman–Crippen MR) is 81.7 cm³/mol. The molecule has 0 aliphatic carbocycles. The molecule has 1 heterocycles. The average Bonchev–Trinajstić information content (AvgIpc) is 2.45. The quantitative estimate of drug-likeness (QED) is 0.870. The van der Waals surface area contributed by atoms with Crippen molar-refractivity contribution in [1.29, 1.82) is 0 Å². The molecule has 0 amide bonds. The molecule has 0 atom stereocenters. The van der Waals surface area contributed by atoms with E-state index in [4.69, 9.17) is 9.84 Å². The van der Waals surface area contributed by atoms with Crippen LogP contribution in [-0.4, -0.2) is 37.8 Å². The summed E-state index contributed by atoms with van der Waals surface area (Å²) in [6.45, 7) is 0. The van der Waals surface area contributed by atoms with Crippen molar-refractivity contribution in [2.24, 2.45) is 0 Å². The van der Waals surface area contributed by atoms with Gasteiger partial charge in [-0.3, -0.25) is 4.72 Å². The lowest BCUT2D eigenvalue weighted by Crippen LogP contribution is -2.09. The zero-order valence-electron chi connectivity index (χ0n) is 11.9. The largest absolute Gasteiger partial charge is 0.480 e. The molecule has 0 spiro atoms. The standard InChI is InChI=1S/C14H14N2O5S/c1-21-13-12(14(17)18)7-10(8-15-13)9-4-3-5-11(6-9)16-22(2,19)20/h3-8,16H,1-2H3,(H,17,18). The smallest absolute Gasteiger partial charge is 0.341 e. The van der Waals surface area contributed by atoms with Crippen LogP contribution in [0.4, 0.5) is 5.69 Å². The Hall–Kier alpha value is -2.61. The van der Waals surface area contributed by atoms with Crippen molar-refractivity contribution in [2.45, 2.75) is 0 Å². The Balaban J connectivity index is 2.46. The lowest BCUT2D eigenvalue weighted by Gasteiger charge is -2.09. The Labute approximate surface area is 127 Å². The van der Waals surface area contributed by atoms with Crippen LogP contribution in [0.5, 0.6) is 5.88 Å². The van der Waals surface area contributed by atoms with Crippen molar-refractivity contribution in [1.82, 2.24) is 4.98 Å². The van der Waals surface area contributed by atoms with Crippen LogP contribution in [0, 0.1) is 0 Å². The topological polar surface area (TPSA) is 106 Å². The van der Waals surface area contributed by atoms with E-state index in [0.717, 1.165) is 6.26 Å². The van der Waals surface area contributed by atoms with Crippen LogP contribution in [0.2, 0.25) is 0 Å². The van der Waals surface area contributed by atoms with E-state index in [1.54, 1.807) is 24.3 Å². The summed E-state index contributed by atoms with van der Waals surface area (Å²) in [5, 5.41) is 9.16. The lowest BCUT2D eigenvalue weighted by molar-refractivity contribution is 0.0692. The summed E-state index contributed by atoms with van der Waals surface area (Å²) < 4.78 is 29.8. The number of benzene rings is 1. The first kappa shape index (κ1) is 15.8. The maximum Gasteiger partial charge on any atom is 0.341 e. The van der Waals surface area contributed by atoms with E-state index in [1.165, 1.54) is 19.4 Å². The van der Waals surface area contributed by atoms with Crippen LogP contribution in [0.3, 0.4) is 0 Å². The van der Waals surface area contributed by atoms with E-state index in [1.807, 2.05) is 0 Å². The number of carboxylic acid groups (broad SMARTS) is 1. The lowest BCUT2D eigenvalue weighted by atomic mass is 10.1. The number of aromatic nitrogens is 1. The van der Waals surface area contributed by atoms with Crippen molar-refractivity contribution in [3.8, 4) is 17.0 Å². The van der Waals surface area contributed by atoms with E-state index < -0.39 is 16.0 Å². The van der Waals surface area contributed by atoms with Gasteiger partial charge in [0, 0.05) is 17.4 Å². The van der Waals surface area contributed by atoms with Crippen molar-refractivity contribution in [3.05, 3.63) is 42.1 Å². The zero-order chi connectivity index (χ0) is 16.3. The van der Waals surface area contributed by atoms with Gasteiger partial charge in [0.1, 0.15) is 5.56 Å². The van der Waals surface area contributed by atoms with Crippen molar-refractivity contribution >= 4 is 21.7 Å². The van der Waals surface area contributed by atoms with Crippen molar-refractivity contribution < 1.29 is 23.1 Å². The molecular weight excluding hydrogens is 308 g/mol. The van der Waals surface area contributed by atoms with E-state index in [2.05, 4.69) is 9.71 Å². The summed E-state index contributed by atoms with van der Waals surface area (Å²) in [6.07, 6.45) is 2.52. The number of ether oxygens (including phenoxy) is 1. The monoisotopic (exact) mass is 322 g/mol. The third-order valence-electron chi connectivity index (χ3n) is 2.77. The van der Waals surface area contributed by atoms with Gasteiger partial charge in [-0.2, -0.15) is 0 Å². The van der Waals surface area contributed by atoms with Gasteiger partial charge in [0.2, 0.25) is 15.9 Å². The molecule has 116 valence electrons. The minimum absolute atomic E-state index is 0.0154. The van der Waals surface area contributed by atoms with Crippen LogP contribution in [-0.2, 0) is 10.0 Å². The molecule has 0 bridgehead atoms. The molecule has 8 heteroatoms. The number of nitrogens with zero attached hydrogens (tertiary/aromatic N) is 1. The number of carbonyl (C=O) groups is 1. The Kier molecular flexibility index (Phi) is 4.32. The van der Waals surface area contributed by atoms with Gasteiger partial charge in [0.05, 0.1) is 13.4 Å². The molecule has 0 saturated heterocycles. The van der Waals surface area contributed by atoms with Crippen LogP contribution in [0.1, 0.15) is 10.4 Å². The van der Waals surface area contributed by atoms with E-state index in [-0.39, 0.29) is 11.4 Å². The summed E-state index contributed by atoms with van der Waals surface area (Å²) in [4.78, 5) is 15.2. The number of sulfonamides is 1. The highest BCUT2D eigenvalue weighted by atomic mass is 32.2. The van der Waals surface area contributed by atoms with Gasteiger partial charge in [-0.15, -0.1) is 0 Å². The van der Waals surface area contributed by atoms with Gasteiger partial charge in [-0.25, -0.2) is 18.2 Å². The summed E-state index contributed by atoms with van der Waals surface area (Å²) in [6, 6.07) is 8.00. The second kappa shape index (κ2) is 6.02. The minimum Gasteiger partial charge on any atom is -0.480 e. The number of carboxylic acids is 1. The van der Waals surface area contributed by atoms with Gasteiger partial charge >= 0.3 is 5.97 Å². The first-order chi connectivity index (χ1) is 10.3. The predicted octanol–water partition coefficient (Wildman–Crippen LogP) is 1.83. The molecule has 1 aromatic heterocycles. The highest BCUT2D eigenvalue weighted by Crippen LogP contribution is 2.26. The zero-order valence-corrected chi connectivity index (χ0v) is 12.7. The molecule has 0 fully saturated rings. The van der Waals surface area contributed by atoms with Crippen molar-refractivity contribution in [3.63, 3.8) is 0 Å². The van der Waals surface area contributed by atoms with Crippen molar-refractivity contribution in [2.75, 3.05) is 18.1 Å². The molecule has 2 rings (SSSR count). The molecule has 0 radical (unpaired) electrons. The van der Waals surface area contributed by atoms with Crippen LogP contribution in [0.15, 0.2) is 36.5 Å². The van der Waals surface area contributed by atoms with Gasteiger partial charge in [-0.05, 0) is 23.8 Å². The van der Waals surface area contributed by atoms with Crippen LogP contribution < -0.4 is 9.46 Å². The molecule has 1 aromatic carbocycles. The van der Waals surface area contributed by atoms with Gasteiger partial charge in [-0.1, -0.05) is 12.1 Å². The second-order valence-electron chi connectivity index (χ2n) is 4.54.